The van der Waals surface area contributed by atoms with Crippen LogP contribution in [0.15, 0.2) is 18.2 Å². The summed E-state index contributed by atoms with van der Waals surface area (Å²) in [5, 5.41) is 3.31. The Hall–Kier alpha value is -0.890. The molecule has 1 aromatic carbocycles. The maximum absolute atomic E-state index is 14.0. The molecule has 0 spiro atoms. The van der Waals surface area contributed by atoms with Crippen LogP contribution < -0.4 is 5.32 Å². The first-order valence-electron chi connectivity index (χ1n) is 7.05. The number of hydrogen-bond donors (Lipinski definition) is 1. The summed E-state index contributed by atoms with van der Waals surface area (Å²) in [6.45, 7) is 14.5. The maximum Gasteiger partial charge on any atom is 0.127 e. The van der Waals surface area contributed by atoms with Gasteiger partial charge in [0.2, 0.25) is 0 Å². The van der Waals surface area contributed by atoms with Gasteiger partial charge >= 0.3 is 0 Å². The van der Waals surface area contributed by atoms with Gasteiger partial charge in [-0.15, -0.1) is 0 Å². The molecule has 0 fully saturated rings. The number of rotatable bonds is 4. The van der Waals surface area contributed by atoms with Crippen LogP contribution in [0.3, 0.4) is 0 Å². The standard InChI is InChI=1S/C17H28FN/c1-16(2,3)10-13-7-8-14(15(18)9-13)11-19-12-17(4,5)6/h7-9,19H,10-12H2,1-6H3. The molecule has 19 heavy (non-hydrogen) atoms. The van der Waals surface area contributed by atoms with Crippen LogP contribution in [-0.4, -0.2) is 6.54 Å². The number of nitrogens with one attached hydrogen (secondary N) is 1. The van der Waals surface area contributed by atoms with Crippen LogP contribution in [0.1, 0.15) is 52.7 Å². The molecule has 0 aliphatic rings. The van der Waals surface area contributed by atoms with Gasteiger partial charge in [-0.2, -0.15) is 0 Å². The highest BCUT2D eigenvalue weighted by molar-refractivity contribution is 5.25. The van der Waals surface area contributed by atoms with Crippen molar-refractivity contribution in [3.63, 3.8) is 0 Å². The van der Waals surface area contributed by atoms with Crippen molar-refractivity contribution in [2.75, 3.05) is 6.54 Å². The smallest absolute Gasteiger partial charge is 0.127 e. The lowest BCUT2D eigenvalue weighted by Crippen LogP contribution is -2.26. The van der Waals surface area contributed by atoms with E-state index in [1.54, 1.807) is 6.07 Å². The number of halogens is 1. The van der Waals surface area contributed by atoms with E-state index in [0.717, 1.165) is 24.1 Å². The lowest BCUT2D eigenvalue weighted by molar-refractivity contribution is 0.377. The Morgan fingerprint density at radius 1 is 1.00 bits per heavy atom. The van der Waals surface area contributed by atoms with E-state index >= 15 is 0 Å². The van der Waals surface area contributed by atoms with E-state index in [1.165, 1.54) is 0 Å². The van der Waals surface area contributed by atoms with E-state index < -0.39 is 0 Å². The second kappa shape index (κ2) is 6.04. The summed E-state index contributed by atoms with van der Waals surface area (Å²) in [6.07, 6.45) is 0.902. The van der Waals surface area contributed by atoms with E-state index in [-0.39, 0.29) is 16.6 Å². The summed E-state index contributed by atoms with van der Waals surface area (Å²) in [5.41, 5.74) is 2.24. The molecule has 108 valence electrons. The van der Waals surface area contributed by atoms with Crippen LogP contribution in [-0.2, 0) is 13.0 Å². The van der Waals surface area contributed by atoms with Crippen LogP contribution >= 0.6 is 0 Å². The van der Waals surface area contributed by atoms with Crippen LogP contribution in [0.2, 0.25) is 0 Å². The van der Waals surface area contributed by atoms with Gasteiger partial charge < -0.3 is 5.32 Å². The van der Waals surface area contributed by atoms with Crippen molar-refractivity contribution in [3.8, 4) is 0 Å². The minimum atomic E-state index is -0.0943. The zero-order valence-electron chi connectivity index (χ0n) is 13.2. The molecule has 0 saturated heterocycles. The molecular formula is C17H28FN. The summed E-state index contributed by atoms with van der Waals surface area (Å²) in [4.78, 5) is 0. The van der Waals surface area contributed by atoms with E-state index in [4.69, 9.17) is 0 Å². The molecule has 1 N–H and O–H groups in total. The predicted octanol–water partition coefficient (Wildman–Crippen LogP) is 4.55. The molecule has 0 radical (unpaired) electrons. The zero-order chi connectivity index (χ0) is 14.7. The number of hydrogen-bond acceptors (Lipinski definition) is 1. The largest absolute Gasteiger partial charge is 0.312 e. The average molecular weight is 265 g/mol. The second-order valence-electron chi connectivity index (χ2n) is 7.83. The highest BCUT2D eigenvalue weighted by atomic mass is 19.1. The van der Waals surface area contributed by atoms with Crippen LogP contribution in [0.4, 0.5) is 4.39 Å². The fraction of sp³-hybridized carbons (Fsp3) is 0.647. The molecule has 0 bridgehead atoms. The first kappa shape index (κ1) is 16.2. The Morgan fingerprint density at radius 2 is 1.63 bits per heavy atom. The summed E-state index contributed by atoms with van der Waals surface area (Å²) >= 11 is 0. The summed E-state index contributed by atoms with van der Waals surface area (Å²) < 4.78 is 14.0. The van der Waals surface area contributed by atoms with E-state index in [2.05, 4.69) is 46.9 Å². The van der Waals surface area contributed by atoms with Crippen molar-refractivity contribution < 1.29 is 4.39 Å². The minimum Gasteiger partial charge on any atom is -0.312 e. The summed E-state index contributed by atoms with van der Waals surface area (Å²) in [6, 6.07) is 5.63. The molecule has 1 aromatic rings. The fourth-order valence-electron chi connectivity index (χ4n) is 2.03. The molecule has 0 atom stereocenters. The number of benzene rings is 1. The van der Waals surface area contributed by atoms with Gasteiger partial charge in [0.15, 0.2) is 0 Å². The molecule has 0 heterocycles. The third-order valence-corrected chi connectivity index (χ3v) is 2.82. The van der Waals surface area contributed by atoms with Crippen molar-refractivity contribution in [1.82, 2.24) is 5.32 Å². The molecule has 1 nitrogen and oxygen atoms in total. The van der Waals surface area contributed by atoms with Gasteiger partial charge in [0, 0.05) is 18.7 Å². The molecule has 0 amide bonds. The lowest BCUT2D eigenvalue weighted by atomic mass is 9.88. The molecule has 1 rings (SSSR count). The Balaban J connectivity index is 2.62. The molecular weight excluding hydrogens is 237 g/mol. The molecule has 2 heteroatoms. The van der Waals surface area contributed by atoms with Gasteiger partial charge in [0.1, 0.15) is 5.82 Å². The van der Waals surface area contributed by atoms with Crippen molar-refractivity contribution in [1.29, 1.82) is 0 Å². The fourth-order valence-corrected chi connectivity index (χ4v) is 2.03. The third kappa shape index (κ3) is 6.72. The minimum absolute atomic E-state index is 0.0943. The van der Waals surface area contributed by atoms with Gasteiger partial charge in [-0.1, -0.05) is 53.7 Å². The van der Waals surface area contributed by atoms with Crippen molar-refractivity contribution in [2.24, 2.45) is 10.8 Å². The van der Waals surface area contributed by atoms with Crippen LogP contribution in [0.5, 0.6) is 0 Å². The highest BCUT2D eigenvalue weighted by Crippen LogP contribution is 2.22. The van der Waals surface area contributed by atoms with Gasteiger partial charge in [0.25, 0.3) is 0 Å². The molecule has 0 aliphatic carbocycles. The monoisotopic (exact) mass is 265 g/mol. The lowest BCUT2D eigenvalue weighted by Gasteiger charge is -2.20. The Kier molecular flexibility index (Phi) is 5.14. The van der Waals surface area contributed by atoms with Gasteiger partial charge in [-0.3, -0.25) is 0 Å². The first-order valence-corrected chi connectivity index (χ1v) is 7.05. The van der Waals surface area contributed by atoms with E-state index in [0.29, 0.717) is 6.54 Å². The topological polar surface area (TPSA) is 12.0 Å². The SMILES string of the molecule is CC(C)(C)CNCc1ccc(CC(C)(C)C)cc1F. The average Bonchev–Trinajstić information content (AvgIpc) is 2.17. The maximum atomic E-state index is 14.0. The first-order chi connectivity index (χ1) is 8.57. The Labute approximate surface area is 117 Å². The van der Waals surface area contributed by atoms with Gasteiger partial charge in [-0.25, -0.2) is 4.39 Å². The van der Waals surface area contributed by atoms with Crippen molar-refractivity contribution >= 4 is 0 Å². The predicted molar refractivity (Wildman–Crippen MR) is 80.7 cm³/mol. The highest BCUT2D eigenvalue weighted by Gasteiger charge is 2.13. The van der Waals surface area contributed by atoms with Crippen LogP contribution in [0, 0.1) is 16.6 Å². The van der Waals surface area contributed by atoms with Gasteiger partial charge in [0.05, 0.1) is 0 Å². The summed E-state index contributed by atoms with van der Waals surface area (Å²) in [7, 11) is 0. The molecule has 0 aromatic heterocycles. The molecule has 0 unspecified atom stereocenters. The van der Waals surface area contributed by atoms with E-state index in [9.17, 15) is 4.39 Å². The molecule has 0 aliphatic heterocycles. The van der Waals surface area contributed by atoms with Gasteiger partial charge in [-0.05, 0) is 28.9 Å². The van der Waals surface area contributed by atoms with E-state index in [1.807, 2.05) is 12.1 Å². The zero-order valence-corrected chi connectivity index (χ0v) is 13.2. The Morgan fingerprint density at radius 3 is 2.11 bits per heavy atom. The second-order valence-corrected chi connectivity index (χ2v) is 7.83. The molecule has 0 saturated carbocycles. The van der Waals surface area contributed by atoms with Crippen molar-refractivity contribution in [3.05, 3.63) is 35.1 Å². The quantitative estimate of drug-likeness (QED) is 0.842. The normalized spacial score (nSPS) is 12.8. The third-order valence-electron chi connectivity index (χ3n) is 2.82. The van der Waals surface area contributed by atoms with Crippen molar-refractivity contribution in [2.45, 2.75) is 54.5 Å². The Bertz CT molecular complexity index is 410. The summed E-state index contributed by atoms with van der Waals surface area (Å²) in [5.74, 6) is -0.0943. The van der Waals surface area contributed by atoms with Crippen LogP contribution in [0.25, 0.3) is 0 Å².